The summed E-state index contributed by atoms with van der Waals surface area (Å²) in [7, 11) is 0. The molecule has 1 aliphatic rings. The fraction of sp³-hybridized carbons (Fsp3) is 0.500. The molecule has 1 aromatic carbocycles. The fourth-order valence-electron chi connectivity index (χ4n) is 2.41. The molecule has 1 unspecified atom stereocenters. The first-order valence-electron chi connectivity index (χ1n) is 6.76. The van der Waals surface area contributed by atoms with E-state index in [2.05, 4.69) is 20.8 Å². The van der Waals surface area contributed by atoms with Crippen LogP contribution in [0.3, 0.4) is 0 Å². The van der Waals surface area contributed by atoms with Crippen LogP contribution in [0.2, 0.25) is 0 Å². The van der Waals surface area contributed by atoms with Crippen molar-refractivity contribution in [3.05, 3.63) is 34.3 Å². The smallest absolute Gasteiger partial charge is 0.314 e. The minimum Gasteiger partial charge on any atom is -0.387 e. The van der Waals surface area contributed by atoms with Gasteiger partial charge in [0.2, 0.25) is 0 Å². The Morgan fingerprint density at radius 3 is 2.60 bits per heavy atom. The second kappa shape index (κ2) is 7.06. The number of nitrogens with zero attached hydrogens (tertiary/aromatic N) is 2. The van der Waals surface area contributed by atoms with E-state index in [9.17, 15) is 9.90 Å². The number of aliphatic hydroxyl groups excluding tert-OH is 1. The summed E-state index contributed by atoms with van der Waals surface area (Å²) in [6.07, 6.45) is 0.374. The van der Waals surface area contributed by atoms with Gasteiger partial charge in [-0.15, -0.1) is 0 Å². The minimum atomic E-state index is -0.511. The van der Waals surface area contributed by atoms with Crippen molar-refractivity contribution in [2.75, 3.05) is 32.7 Å². The largest absolute Gasteiger partial charge is 0.387 e. The van der Waals surface area contributed by atoms with Gasteiger partial charge in [0.25, 0.3) is 0 Å². The van der Waals surface area contributed by atoms with E-state index < -0.39 is 6.10 Å². The zero-order valence-corrected chi connectivity index (χ0v) is 12.9. The van der Waals surface area contributed by atoms with Crippen LogP contribution in [0.15, 0.2) is 28.7 Å². The molecule has 1 aliphatic heterocycles. The van der Waals surface area contributed by atoms with Gasteiger partial charge in [0.1, 0.15) is 0 Å². The van der Waals surface area contributed by atoms with Crippen LogP contribution < -0.4 is 5.73 Å². The van der Waals surface area contributed by atoms with Crippen molar-refractivity contribution in [3.8, 4) is 0 Å². The van der Waals surface area contributed by atoms with E-state index in [1.807, 2.05) is 24.3 Å². The van der Waals surface area contributed by atoms with Gasteiger partial charge in [-0.25, -0.2) is 4.79 Å². The van der Waals surface area contributed by atoms with Crippen LogP contribution in [0.4, 0.5) is 4.79 Å². The molecule has 0 aliphatic carbocycles. The topological polar surface area (TPSA) is 69.8 Å². The third-order valence-corrected chi connectivity index (χ3v) is 4.11. The highest BCUT2D eigenvalue weighted by Gasteiger charge is 2.19. The second-order valence-electron chi connectivity index (χ2n) is 5.05. The van der Waals surface area contributed by atoms with E-state index in [1.54, 1.807) is 4.90 Å². The van der Waals surface area contributed by atoms with Crippen LogP contribution in [-0.4, -0.2) is 53.7 Å². The molecule has 1 aromatic rings. The third-order valence-electron chi connectivity index (χ3n) is 3.59. The number of nitrogens with two attached hydrogens (primary N) is 1. The molecular weight excluding hydrogens is 322 g/mol. The molecule has 110 valence electrons. The summed E-state index contributed by atoms with van der Waals surface area (Å²) in [5, 5.41) is 10.3. The molecule has 0 bridgehead atoms. The van der Waals surface area contributed by atoms with E-state index in [4.69, 9.17) is 5.73 Å². The molecular formula is C14H20BrN3O2. The van der Waals surface area contributed by atoms with Crippen molar-refractivity contribution >= 4 is 22.0 Å². The van der Waals surface area contributed by atoms with Gasteiger partial charge in [-0.3, -0.25) is 4.90 Å². The van der Waals surface area contributed by atoms with Crippen molar-refractivity contribution in [1.29, 1.82) is 0 Å². The van der Waals surface area contributed by atoms with Crippen LogP contribution >= 0.6 is 15.9 Å². The molecule has 1 fully saturated rings. The lowest BCUT2D eigenvalue weighted by molar-refractivity contribution is 0.115. The van der Waals surface area contributed by atoms with Gasteiger partial charge in [0.15, 0.2) is 0 Å². The number of benzene rings is 1. The van der Waals surface area contributed by atoms with Crippen molar-refractivity contribution in [2.24, 2.45) is 5.73 Å². The Kier molecular flexibility index (Phi) is 5.39. The second-order valence-corrected chi connectivity index (χ2v) is 5.96. The number of primary amides is 1. The van der Waals surface area contributed by atoms with Crippen molar-refractivity contribution in [2.45, 2.75) is 12.5 Å². The number of halogens is 1. The van der Waals surface area contributed by atoms with Gasteiger partial charge >= 0.3 is 6.03 Å². The highest BCUT2D eigenvalue weighted by Crippen LogP contribution is 2.18. The van der Waals surface area contributed by atoms with E-state index >= 15 is 0 Å². The normalized spacial score (nSPS) is 18.6. The van der Waals surface area contributed by atoms with Crippen molar-refractivity contribution < 1.29 is 9.90 Å². The summed E-state index contributed by atoms with van der Waals surface area (Å²) in [5.41, 5.74) is 6.21. The predicted molar refractivity (Wildman–Crippen MR) is 81.3 cm³/mol. The lowest BCUT2D eigenvalue weighted by atomic mass is 10.1. The number of carbonyl (C=O) groups is 1. The van der Waals surface area contributed by atoms with Crippen LogP contribution in [0.25, 0.3) is 0 Å². The highest BCUT2D eigenvalue weighted by molar-refractivity contribution is 9.10. The molecule has 0 spiro atoms. The molecule has 20 heavy (non-hydrogen) atoms. The number of urea groups is 1. The fourth-order valence-corrected chi connectivity index (χ4v) is 2.67. The van der Waals surface area contributed by atoms with E-state index in [-0.39, 0.29) is 6.03 Å². The van der Waals surface area contributed by atoms with Crippen molar-refractivity contribution in [1.82, 2.24) is 9.80 Å². The average molecular weight is 342 g/mol. The third kappa shape index (κ3) is 4.19. The molecule has 2 rings (SSSR count). The molecule has 3 N–H and O–H groups in total. The lowest BCUT2D eigenvalue weighted by Gasteiger charge is -2.23. The first-order valence-corrected chi connectivity index (χ1v) is 7.56. The van der Waals surface area contributed by atoms with E-state index in [1.165, 1.54) is 0 Å². The highest BCUT2D eigenvalue weighted by atomic mass is 79.9. The molecule has 0 aromatic heterocycles. The predicted octanol–water partition coefficient (Wildman–Crippen LogP) is 1.57. The summed E-state index contributed by atoms with van der Waals surface area (Å²) in [6.45, 7) is 3.52. The number of amides is 2. The lowest BCUT2D eigenvalue weighted by Crippen LogP contribution is -2.39. The summed E-state index contributed by atoms with van der Waals surface area (Å²) in [5.74, 6) is 0. The Bertz CT molecular complexity index is 452. The molecule has 0 radical (unpaired) electrons. The van der Waals surface area contributed by atoms with Crippen molar-refractivity contribution in [3.63, 3.8) is 0 Å². The minimum absolute atomic E-state index is 0.361. The molecule has 1 heterocycles. The molecule has 1 saturated heterocycles. The standard InChI is InChI=1S/C14H20BrN3O2/c15-12-4-2-11(3-5-12)13(19)10-17-6-1-7-18(9-8-17)14(16)20/h2-5,13,19H,1,6-10H2,(H2,16,20). The Labute approximate surface area is 127 Å². The maximum atomic E-state index is 11.2. The summed E-state index contributed by atoms with van der Waals surface area (Å²) < 4.78 is 1.00. The number of aliphatic hydroxyl groups is 1. The first-order chi connectivity index (χ1) is 9.56. The van der Waals surface area contributed by atoms with Crippen LogP contribution in [0, 0.1) is 0 Å². The van der Waals surface area contributed by atoms with Gasteiger partial charge in [0, 0.05) is 37.2 Å². The summed E-state index contributed by atoms with van der Waals surface area (Å²) in [4.78, 5) is 15.0. The summed E-state index contributed by atoms with van der Waals surface area (Å²) in [6, 6.07) is 7.33. The number of hydrogen-bond acceptors (Lipinski definition) is 3. The SMILES string of the molecule is NC(=O)N1CCCN(CC(O)c2ccc(Br)cc2)CC1. The molecule has 1 atom stereocenters. The van der Waals surface area contributed by atoms with Gasteiger partial charge in [-0.1, -0.05) is 28.1 Å². The Morgan fingerprint density at radius 2 is 1.95 bits per heavy atom. The quantitative estimate of drug-likeness (QED) is 0.876. The van der Waals surface area contributed by atoms with E-state index in [0.717, 1.165) is 29.5 Å². The molecule has 2 amide bonds. The Hall–Kier alpha value is -1.11. The first kappa shape index (κ1) is 15.3. The zero-order valence-electron chi connectivity index (χ0n) is 11.3. The number of β-amino-alcohol motifs (C(OH)–C–C–N with tert-alkyl or cyclic N) is 1. The number of carbonyl (C=O) groups excluding carboxylic acids is 1. The maximum Gasteiger partial charge on any atom is 0.314 e. The van der Waals surface area contributed by atoms with Gasteiger partial charge in [-0.2, -0.15) is 0 Å². The number of rotatable bonds is 3. The molecule has 5 nitrogen and oxygen atoms in total. The van der Waals surface area contributed by atoms with E-state index in [0.29, 0.717) is 19.6 Å². The monoisotopic (exact) mass is 341 g/mol. The van der Waals surface area contributed by atoms with Crippen LogP contribution in [0.5, 0.6) is 0 Å². The number of hydrogen-bond donors (Lipinski definition) is 2. The van der Waals surface area contributed by atoms with Gasteiger partial charge in [0.05, 0.1) is 6.10 Å². The Balaban J connectivity index is 1.89. The summed E-state index contributed by atoms with van der Waals surface area (Å²) >= 11 is 3.38. The molecule has 0 saturated carbocycles. The van der Waals surface area contributed by atoms with Gasteiger partial charge < -0.3 is 15.7 Å². The van der Waals surface area contributed by atoms with Gasteiger partial charge in [-0.05, 0) is 24.1 Å². The molecule has 6 heteroatoms. The zero-order chi connectivity index (χ0) is 14.5. The van der Waals surface area contributed by atoms with Crippen LogP contribution in [0.1, 0.15) is 18.1 Å². The van der Waals surface area contributed by atoms with Crippen LogP contribution in [-0.2, 0) is 0 Å². The average Bonchev–Trinajstić information content (AvgIpc) is 2.65. The Morgan fingerprint density at radius 1 is 1.25 bits per heavy atom. The maximum absolute atomic E-state index is 11.2.